The Labute approximate surface area is 72.8 Å². The van der Waals surface area contributed by atoms with Gasteiger partial charge < -0.3 is 0 Å². The average Bonchev–Trinajstić information content (AvgIpc) is 2.02. The van der Waals surface area contributed by atoms with E-state index in [1.54, 1.807) is 0 Å². The minimum absolute atomic E-state index is 0.679. The van der Waals surface area contributed by atoms with Gasteiger partial charge in [-0.2, -0.15) is 0 Å². The summed E-state index contributed by atoms with van der Waals surface area (Å²) in [6, 6.07) is 3.91. The summed E-state index contributed by atoms with van der Waals surface area (Å²) >= 11 is 0. The van der Waals surface area contributed by atoms with Gasteiger partial charge in [0.2, 0.25) is 0 Å². The maximum Gasteiger partial charge on any atom is 0.0446 e. The van der Waals surface area contributed by atoms with Crippen LogP contribution in [0.2, 0.25) is 0 Å². The summed E-state index contributed by atoms with van der Waals surface area (Å²) < 4.78 is 0. The van der Waals surface area contributed by atoms with E-state index in [9.17, 15) is 0 Å². The highest BCUT2D eigenvalue weighted by Gasteiger charge is 2.20. The number of pyridine rings is 1. The van der Waals surface area contributed by atoms with Crippen molar-refractivity contribution in [1.29, 1.82) is 0 Å². The molecule has 0 unspecified atom stereocenters. The molecule has 0 aliphatic heterocycles. The van der Waals surface area contributed by atoms with E-state index in [1.807, 2.05) is 18.3 Å². The van der Waals surface area contributed by atoms with Crippen LogP contribution in [0.5, 0.6) is 0 Å². The summed E-state index contributed by atoms with van der Waals surface area (Å²) in [4.78, 5) is 4.31. The summed E-state index contributed by atoms with van der Waals surface area (Å²) in [5.74, 6) is 3.31. The molecular formula is C11H11N. The first-order chi connectivity index (χ1) is 5.90. The highest BCUT2D eigenvalue weighted by molar-refractivity contribution is 5.33. The fourth-order valence-corrected chi connectivity index (χ4v) is 1.47. The molecular weight excluding hydrogens is 146 g/mol. The number of rotatable bonds is 1. The third-order valence-electron chi connectivity index (χ3n) is 2.47. The predicted octanol–water partition coefficient (Wildman–Crippen LogP) is 2.33. The van der Waals surface area contributed by atoms with Crippen molar-refractivity contribution in [2.75, 3.05) is 0 Å². The maximum atomic E-state index is 5.30. The second kappa shape index (κ2) is 2.98. The lowest BCUT2D eigenvalue weighted by atomic mass is 9.82. The van der Waals surface area contributed by atoms with Gasteiger partial charge in [-0.3, -0.25) is 4.98 Å². The van der Waals surface area contributed by atoms with Gasteiger partial charge in [0.25, 0.3) is 0 Å². The van der Waals surface area contributed by atoms with Crippen LogP contribution in [0.4, 0.5) is 0 Å². The summed E-state index contributed by atoms with van der Waals surface area (Å²) in [5, 5.41) is 0. The number of terminal acetylenes is 1. The fourth-order valence-electron chi connectivity index (χ4n) is 1.47. The Kier molecular flexibility index (Phi) is 1.83. The van der Waals surface area contributed by atoms with Crippen molar-refractivity contribution in [3.8, 4) is 12.3 Å². The van der Waals surface area contributed by atoms with Gasteiger partial charge in [0.1, 0.15) is 0 Å². The molecule has 12 heavy (non-hydrogen) atoms. The first-order valence-corrected chi connectivity index (χ1v) is 4.33. The molecule has 0 spiro atoms. The standard InChI is InChI=1S/C11H11N/c1-2-9-6-7-12-11(8-9)10-4-3-5-10/h1,6-8,10H,3-5H2. The molecule has 2 rings (SSSR count). The van der Waals surface area contributed by atoms with Crippen LogP contribution in [-0.4, -0.2) is 4.98 Å². The molecule has 0 bridgehead atoms. The minimum atomic E-state index is 0.679. The second-order valence-corrected chi connectivity index (χ2v) is 3.24. The lowest BCUT2D eigenvalue weighted by Crippen LogP contribution is -2.10. The second-order valence-electron chi connectivity index (χ2n) is 3.24. The third-order valence-corrected chi connectivity index (χ3v) is 2.47. The van der Waals surface area contributed by atoms with Gasteiger partial charge in [0.05, 0.1) is 0 Å². The first-order valence-electron chi connectivity index (χ1n) is 4.33. The van der Waals surface area contributed by atoms with Crippen LogP contribution in [0.1, 0.15) is 36.4 Å². The van der Waals surface area contributed by atoms with Crippen LogP contribution in [0.15, 0.2) is 18.3 Å². The topological polar surface area (TPSA) is 12.9 Å². The summed E-state index contributed by atoms with van der Waals surface area (Å²) in [6.45, 7) is 0. The van der Waals surface area contributed by atoms with E-state index in [1.165, 1.54) is 25.0 Å². The molecule has 0 saturated heterocycles. The Morgan fingerprint density at radius 3 is 2.92 bits per heavy atom. The predicted molar refractivity (Wildman–Crippen MR) is 48.8 cm³/mol. The number of hydrogen-bond donors (Lipinski definition) is 0. The monoisotopic (exact) mass is 157 g/mol. The zero-order valence-electron chi connectivity index (χ0n) is 6.96. The van der Waals surface area contributed by atoms with Crippen molar-refractivity contribution >= 4 is 0 Å². The van der Waals surface area contributed by atoms with Gasteiger partial charge in [-0.1, -0.05) is 12.3 Å². The Bertz CT molecular complexity index is 318. The van der Waals surface area contributed by atoms with E-state index < -0.39 is 0 Å². The summed E-state index contributed by atoms with van der Waals surface area (Å²) in [7, 11) is 0. The quantitative estimate of drug-likeness (QED) is 0.570. The van der Waals surface area contributed by atoms with E-state index in [4.69, 9.17) is 6.42 Å². The molecule has 0 aromatic carbocycles. The van der Waals surface area contributed by atoms with Gasteiger partial charge in [-0.05, 0) is 25.0 Å². The molecule has 1 aliphatic rings. The highest BCUT2D eigenvalue weighted by Crippen LogP contribution is 2.35. The number of aromatic nitrogens is 1. The normalized spacial score (nSPS) is 16.6. The molecule has 1 aliphatic carbocycles. The van der Waals surface area contributed by atoms with E-state index >= 15 is 0 Å². The fraction of sp³-hybridized carbons (Fsp3) is 0.364. The summed E-state index contributed by atoms with van der Waals surface area (Å²) in [5.41, 5.74) is 2.13. The van der Waals surface area contributed by atoms with Gasteiger partial charge >= 0.3 is 0 Å². The van der Waals surface area contributed by atoms with Gasteiger partial charge in [0.15, 0.2) is 0 Å². The lowest BCUT2D eigenvalue weighted by Gasteiger charge is -2.24. The Balaban J connectivity index is 2.27. The molecule has 1 nitrogen and oxygen atoms in total. The van der Waals surface area contributed by atoms with E-state index in [0.29, 0.717) is 5.92 Å². The zero-order valence-corrected chi connectivity index (χ0v) is 6.96. The largest absolute Gasteiger partial charge is 0.261 e. The third kappa shape index (κ3) is 1.21. The van der Waals surface area contributed by atoms with Gasteiger partial charge in [-0.15, -0.1) is 6.42 Å². The van der Waals surface area contributed by atoms with Crippen molar-refractivity contribution in [3.63, 3.8) is 0 Å². The SMILES string of the molecule is C#Cc1ccnc(C2CCC2)c1. The zero-order chi connectivity index (χ0) is 8.39. The smallest absolute Gasteiger partial charge is 0.0446 e. The summed E-state index contributed by atoms with van der Waals surface area (Å²) in [6.07, 6.45) is 11.0. The molecule has 1 aromatic rings. The van der Waals surface area contributed by atoms with Crippen molar-refractivity contribution < 1.29 is 0 Å². The molecule has 1 heteroatoms. The van der Waals surface area contributed by atoms with E-state index in [2.05, 4.69) is 10.9 Å². The number of nitrogens with zero attached hydrogens (tertiary/aromatic N) is 1. The minimum Gasteiger partial charge on any atom is -0.261 e. The Morgan fingerprint density at radius 2 is 2.33 bits per heavy atom. The Morgan fingerprint density at radius 1 is 1.50 bits per heavy atom. The lowest BCUT2D eigenvalue weighted by molar-refractivity contribution is 0.411. The molecule has 1 aromatic heterocycles. The van der Waals surface area contributed by atoms with Gasteiger partial charge in [0, 0.05) is 23.4 Å². The first kappa shape index (κ1) is 7.36. The molecule has 0 radical (unpaired) electrons. The van der Waals surface area contributed by atoms with E-state index in [0.717, 1.165) is 5.56 Å². The van der Waals surface area contributed by atoms with Crippen LogP contribution in [0, 0.1) is 12.3 Å². The molecule has 0 atom stereocenters. The van der Waals surface area contributed by atoms with Crippen LogP contribution in [-0.2, 0) is 0 Å². The number of hydrogen-bond acceptors (Lipinski definition) is 1. The Hall–Kier alpha value is -1.29. The molecule has 0 amide bonds. The molecule has 0 N–H and O–H groups in total. The molecule has 1 saturated carbocycles. The van der Waals surface area contributed by atoms with Crippen molar-refractivity contribution in [2.24, 2.45) is 0 Å². The maximum absolute atomic E-state index is 5.30. The van der Waals surface area contributed by atoms with Crippen molar-refractivity contribution in [3.05, 3.63) is 29.6 Å². The molecule has 60 valence electrons. The van der Waals surface area contributed by atoms with Crippen LogP contribution < -0.4 is 0 Å². The van der Waals surface area contributed by atoms with Crippen LogP contribution in [0.3, 0.4) is 0 Å². The van der Waals surface area contributed by atoms with Crippen LogP contribution >= 0.6 is 0 Å². The highest BCUT2D eigenvalue weighted by atomic mass is 14.7. The molecule has 1 fully saturated rings. The average molecular weight is 157 g/mol. The van der Waals surface area contributed by atoms with Gasteiger partial charge in [-0.25, -0.2) is 0 Å². The molecule has 1 heterocycles. The van der Waals surface area contributed by atoms with Crippen LogP contribution in [0.25, 0.3) is 0 Å². The van der Waals surface area contributed by atoms with E-state index in [-0.39, 0.29) is 0 Å². The van der Waals surface area contributed by atoms with Crippen molar-refractivity contribution in [2.45, 2.75) is 25.2 Å². The van der Waals surface area contributed by atoms with Crippen molar-refractivity contribution in [1.82, 2.24) is 4.98 Å².